The summed E-state index contributed by atoms with van der Waals surface area (Å²) in [5.41, 5.74) is 0.932. The first kappa shape index (κ1) is 18.6. The van der Waals surface area contributed by atoms with Crippen LogP contribution < -0.4 is 14.2 Å². The first-order valence-corrected chi connectivity index (χ1v) is 9.20. The molecule has 0 radical (unpaired) electrons. The summed E-state index contributed by atoms with van der Waals surface area (Å²) in [4.78, 5) is 16.6. The number of benzene rings is 1. The highest BCUT2D eigenvalue weighted by molar-refractivity contribution is 7.89. The number of para-hydroxylation sites is 1. The number of aromatic nitrogens is 2. The predicted octanol–water partition coefficient (Wildman–Crippen LogP) is 1.17. The van der Waals surface area contributed by atoms with Gasteiger partial charge in [-0.1, -0.05) is 6.07 Å². The lowest BCUT2D eigenvalue weighted by Crippen LogP contribution is -2.25. The molecule has 0 atom stereocenters. The van der Waals surface area contributed by atoms with Gasteiger partial charge >= 0.3 is 0 Å². The lowest BCUT2D eigenvalue weighted by Gasteiger charge is -2.20. The molecule has 2 aromatic heterocycles. The molecule has 11 heteroatoms. The van der Waals surface area contributed by atoms with Crippen LogP contribution in [0.2, 0.25) is 0 Å². The van der Waals surface area contributed by atoms with Crippen molar-refractivity contribution < 1.29 is 32.2 Å². The molecule has 3 aromatic rings. The van der Waals surface area contributed by atoms with Crippen molar-refractivity contribution in [2.75, 3.05) is 13.2 Å². The molecule has 27 heavy (non-hydrogen) atoms. The van der Waals surface area contributed by atoms with Crippen LogP contribution in [0.4, 0.5) is 0 Å². The number of hydrogen-bond donors (Lipinski definition) is 2. The van der Waals surface area contributed by atoms with Gasteiger partial charge in [0.25, 0.3) is 6.47 Å². The maximum Gasteiger partial charge on any atom is 0.290 e. The summed E-state index contributed by atoms with van der Waals surface area (Å²) in [5, 5.41) is 6.89. The summed E-state index contributed by atoms with van der Waals surface area (Å²) >= 11 is 0. The summed E-state index contributed by atoms with van der Waals surface area (Å²) < 4.78 is 43.9. The second-order valence-electron chi connectivity index (χ2n) is 5.14. The van der Waals surface area contributed by atoms with Gasteiger partial charge in [-0.05, 0) is 24.3 Å². The Labute approximate surface area is 153 Å². The Bertz CT molecular complexity index is 1020. The first-order valence-electron chi connectivity index (χ1n) is 7.71. The maximum absolute atomic E-state index is 12.6. The van der Waals surface area contributed by atoms with E-state index in [1.165, 1.54) is 6.07 Å². The van der Waals surface area contributed by atoms with Crippen LogP contribution in [0.1, 0.15) is 5.89 Å². The van der Waals surface area contributed by atoms with Gasteiger partial charge < -0.3 is 19.0 Å². The highest BCUT2D eigenvalue weighted by Gasteiger charge is 2.25. The van der Waals surface area contributed by atoms with Crippen LogP contribution in [0.3, 0.4) is 0 Å². The zero-order chi connectivity index (χ0) is 19.3. The largest absolute Gasteiger partial charge is 0.486 e. The number of rotatable bonds is 4. The van der Waals surface area contributed by atoms with Gasteiger partial charge in [0.05, 0.1) is 6.54 Å². The van der Waals surface area contributed by atoms with E-state index in [4.69, 9.17) is 23.8 Å². The molecule has 10 nitrogen and oxygen atoms in total. The Kier molecular flexibility index (Phi) is 5.52. The number of hydrogen-bond acceptors (Lipinski definition) is 8. The smallest absolute Gasteiger partial charge is 0.290 e. The van der Waals surface area contributed by atoms with E-state index >= 15 is 0 Å². The topological polar surface area (TPSA) is 141 Å². The summed E-state index contributed by atoms with van der Waals surface area (Å²) in [6, 6.07) is 8.16. The van der Waals surface area contributed by atoms with Crippen molar-refractivity contribution in [2.45, 2.75) is 11.4 Å². The van der Waals surface area contributed by atoms with Crippen LogP contribution in [0.15, 0.2) is 45.8 Å². The average molecular weight is 393 g/mol. The van der Waals surface area contributed by atoms with Crippen LogP contribution in [-0.2, 0) is 21.4 Å². The number of fused-ring (bicyclic) bond motifs is 2. The minimum Gasteiger partial charge on any atom is -0.486 e. The zero-order valence-corrected chi connectivity index (χ0v) is 14.7. The number of nitrogens with one attached hydrogen (secondary N) is 1. The number of ether oxygens (including phenoxy) is 2. The SMILES string of the molecule is O=CO.O=S(=O)(NCc1nc2ncccc2o1)c1cccc2c1OCCO2. The van der Waals surface area contributed by atoms with E-state index in [9.17, 15) is 8.42 Å². The second kappa shape index (κ2) is 8.01. The molecule has 0 spiro atoms. The van der Waals surface area contributed by atoms with Crippen molar-refractivity contribution in [2.24, 2.45) is 0 Å². The Morgan fingerprint density at radius 2 is 1.96 bits per heavy atom. The highest BCUT2D eigenvalue weighted by atomic mass is 32.2. The lowest BCUT2D eigenvalue weighted by molar-refractivity contribution is -0.122. The molecule has 142 valence electrons. The summed E-state index contributed by atoms with van der Waals surface area (Å²) in [5.74, 6) is 0.861. The Morgan fingerprint density at radius 3 is 2.74 bits per heavy atom. The van der Waals surface area contributed by atoms with Crippen LogP contribution in [-0.4, -0.2) is 43.2 Å². The van der Waals surface area contributed by atoms with Crippen LogP contribution in [0.25, 0.3) is 11.2 Å². The number of oxazole rings is 1. The lowest BCUT2D eigenvalue weighted by atomic mass is 10.3. The molecule has 3 heterocycles. The van der Waals surface area contributed by atoms with Gasteiger partial charge in [0.15, 0.2) is 22.7 Å². The third kappa shape index (κ3) is 4.15. The molecule has 0 aliphatic carbocycles. The van der Waals surface area contributed by atoms with Gasteiger partial charge in [-0.25, -0.2) is 18.1 Å². The third-order valence-electron chi connectivity index (χ3n) is 3.44. The molecule has 0 bridgehead atoms. The van der Waals surface area contributed by atoms with Crippen molar-refractivity contribution >= 4 is 27.7 Å². The minimum absolute atomic E-state index is 0.0222. The standard InChI is InChI=1S/C15H13N3O5S.CH2O2/c19-24(20,12-5-1-3-10-14(12)22-8-7-21-10)17-9-13-18-15-11(23-13)4-2-6-16-15;2-1-3/h1-6,17H,7-9H2;1H,(H,2,3). The number of carbonyl (C=O) groups is 1. The fourth-order valence-corrected chi connectivity index (χ4v) is 3.51. The zero-order valence-electron chi connectivity index (χ0n) is 13.9. The van der Waals surface area contributed by atoms with E-state index in [1.54, 1.807) is 30.5 Å². The fraction of sp³-hybridized carbons (Fsp3) is 0.188. The Hall–Kier alpha value is -3.18. The quantitative estimate of drug-likeness (QED) is 0.625. The number of carboxylic acid groups (broad SMARTS) is 1. The van der Waals surface area contributed by atoms with Gasteiger partial charge in [0.2, 0.25) is 15.9 Å². The predicted molar refractivity (Wildman–Crippen MR) is 92.0 cm³/mol. The van der Waals surface area contributed by atoms with Crippen molar-refractivity contribution in [1.29, 1.82) is 0 Å². The van der Waals surface area contributed by atoms with Crippen molar-refractivity contribution in [3.8, 4) is 11.5 Å². The Balaban J connectivity index is 0.000000659. The van der Waals surface area contributed by atoms with Gasteiger partial charge in [-0.15, -0.1) is 0 Å². The van der Waals surface area contributed by atoms with Crippen molar-refractivity contribution in [3.05, 3.63) is 42.4 Å². The molecular weight excluding hydrogens is 378 g/mol. The normalized spacial score (nSPS) is 12.9. The minimum atomic E-state index is -3.81. The van der Waals surface area contributed by atoms with Crippen LogP contribution in [0, 0.1) is 0 Å². The van der Waals surface area contributed by atoms with Crippen LogP contribution >= 0.6 is 0 Å². The van der Waals surface area contributed by atoms with E-state index in [0.29, 0.717) is 30.2 Å². The second-order valence-corrected chi connectivity index (χ2v) is 6.88. The average Bonchev–Trinajstić information content (AvgIpc) is 3.10. The molecule has 1 aliphatic rings. The molecule has 0 unspecified atom stereocenters. The number of nitrogens with zero attached hydrogens (tertiary/aromatic N) is 2. The monoisotopic (exact) mass is 393 g/mol. The number of sulfonamides is 1. The highest BCUT2D eigenvalue weighted by Crippen LogP contribution is 2.36. The fourth-order valence-electron chi connectivity index (χ4n) is 2.38. The number of pyridine rings is 1. The maximum atomic E-state index is 12.6. The molecule has 1 aromatic carbocycles. The van der Waals surface area contributed by atoms with E-state index < -0.39 is 10.0 Å². The first-order chi connectivity index (χ1) is 13.0. The summed E-state index contributed by atoms with van der Waals surface area (Å²) in [6.45, 7) is 0.347. The third-order valence-corrected chi connectivity index (χ3v) is 4.87. The molecule has 4 rings (SSSR count). The molecule has 0 fully saturated rings. The van der Waals surface area contributed by atoms with E-state index in [-0.39, 0.29) is 29.6 Å². The van der Waals surface area contributed by atoms with Gasteiger partial charge in [0, 0.05) is 6.20 Å². The molecular formula is C16H15N3O7S. The van der Waals surface area contributed by atoms with Crippen molar-refractivity contribution in [1.82, 2.24) is 14.7 Å². The summed E-state index contributed by atoms with van der Waals surface area (Å²) in [7, 11) is -3.81. The van der Waals surface area contributed by atoms with Crippen molar-refractivity contribution in [3.63, 3.8) is 0 Å². The molecule has 0 saturated heterocycles. The van der Waals surface area contributed by atoms with E-state index in [1.807, 2.05) is 0 Å². The van der Waals surface area contributed by atoms with Gasteiger partial charge in [-0.3, -0.25) is 4.79 Å². The molecule has 1 aliphatic heterocycles. The van der Waals surface area contributed by atoms with E-state index in [0.717, 1.165) is 0 Å². The van der Waals surface area contributed by atoms with Crippen LogP contribution in [0.5, 0.6) is 11.5 Å². The molecule has 2 N–H and O–H groups in total. The van der Waals surface area contributed by atoms with Gasteiger partial charge in [0.1, 0.15) is 18.1 Å². The Morgan fingerprint density at radius 1 is 1.19 bits per heavy atom. The molecule has 0 saturated carbocycles. The van der Waals surface area contributed by atoms with Gasteiger partial charge in [-0.2, -0.15) is 4.98 Å². The summed E-state index contributed by atoms with van der Waals surface area (Å²) in [6.07, 6.45) is 1.59. The van der Waals surface area contributed by atoms with E-state index in [2.05, 4.69) is 14.7 Å². The molecule has 0 amide bonds.